The monoisotopic (exact) mass is 349 g/mol. The molecule has 0 fully saturated rings. The van der Waals surface area contributed by atoms with E-state index in [1.54, 1.807) is 0 Å². The Balaban J connectivity index is -0.0000000331. The molecule has 0 spiro atoms. The third-order valence-electron chi connectivity index (χ3n) is 0.333. The van der Waals surface area contributed by atoms with Crippen molar-refractivity contribution >= 4 is 17.9 Å². The summed E-state index contributed by atoms with van der Waals surface area (Å²) in [5.74, 6) is -3.25. The molecule has 0 aliphatic heterocycles. The molecule has 0 saturated carbocycles. The Labute approximate surface area is 135 Å². The Morgan fingerprint density at radius 3 is 0.667 bits per heavy atom. The predicted molar refractivity (Wildman–Crippen MR) is 68.3 cm³/mol. The average molecular weight is 349 g/mol. The molecule has 21 heavy (non-hydrogen) atoms. The first-order valence-corrected chi connectivity index (χ1v) is 5.36. The van der Waals surface area contributed by atoms with Gasteiger partial charge in [0, 0.05) is 44.1 Å². The van der Waals surface area contributed by atoms with Gasteiger partial charge in [-0.1, -0.05) is 0 Å². The summed E-state index contributed by atoms with van der Waals surface area (Å²) in [7, 11) is 0. The standard InChI is InChI=1S/2C2H8N2.3C2H4O2.Cr/c2*3-1-2-4;3*1-2(3)4;/h2*1-4H2;3*1H3,(H,3,4);/q;;;;;+3/p-3. The Hall–Kier alpha value is -1.22. The number of carbonyl (C=O) groups excluding carboxylic acids is 3. The van der Waals surface area contributed by atoms with Crippen molar-refractivity contribution in [1.29, 1.82) is 0 Å². The number of hydrogen-bond acceptors (Lipinski definition) is 10. The Morgan fingerprint density at radius 1 is 0.619 bits per heavy atom. The van der Waals surface area contributed by atoms with Gasteiger partial charge in [-0.15, -0.1) is 0 Å². The van der Waals surface area contributed by atoms with Crippen molar-refractivity contribution in [3.63, 3.8) is 0 Å². The van der Waals surface area contributed by atoms with E-state index < -0.39 is 17.9 Å². The Kier molecular flexibility index (Phi) is 74.8. The summed E-state index contributed by atoms with van der Waals surface area (Å²) < 4.78 is 0. The first-order chi connectivity index (χ1) is 9.02. The van der Waals surface area contributed by atoms with Crippen LogP contribution in [0.1, 0.15) is 20.8 Å². The topological polar surface area (TPSA) is 224 Å². The number of carbonyl (C=O) groups is 3. The van der Waals surface area contributed by atoms with Crippen molar-refractivity contribution in [2.75, 3.05) is 26.2 Å². The van der Waals surface area contributed by atoms with Crippen molar-refractivity contribution in [1.82, 2.24) is 0 Å². The van der Waals surface area contributed by atoms with Crippen LogP contribution in [0.3, 0.4) is 0 Å². The van der Waals surface area contributed by atoms with E-state index in [0.717, 1.165) is 20.8 Å². The van der Waals surface area contributed by atoms with Crippen LogP contribution in [0.15, 0.2) is 0 Å². The number of aliphatic carboxylic acids is 3. The maximum absolute atomic E-state index is 8.89. The summed E-state index contributed by atoms with van der Waals surface area (Å²) in [5.41, 5.74) is 19.6. The maximum atomic E-state index is 8.89. The fraction of sp³-hybridized carbons (Fsp3) is 0.700. The zero-order valence-electron chi connectivity index (χ0n) is 12.5. The van der Waals surface area contributed by atoms with Crippen LogP contribution in [0.2, 0.25) is 0 Å². The second-order valence-electron chi connectivity index (χ2n) is 2.63. The molecule has 0 unspecified atom stereocenters. The SMILES string of the molecule is CC(=O)[O-].CC(=O)[O-].CC(=O)[O-].NCCN.NCCN.[Cr+3]. The maximum Gasteiger partial charge on any atom is 3.00 e. The van der Waals surface area contributed by atoms with Crippen molar-refractivity contribution in [2.24, 2.45) is 22.9 Å². The third-order valence-corrected chi connectivity index (χ3v) is 0.333. The summed E-state index contributed by atoms with van der Waals surface area (Å²) in [6, 6.07) is 0. The fourth-order valence-corrected chi connectivity index (χ4v) is 0. The van der Waals surface area contributed by atoms with Gasteiger partial charge in [-0.25, -0.2) is 0 Å². The molecule has 0 saturated heterocycles. The molecule has 11 heteroatoms. The second-order valence-corrected chi connectivity index (χ2v) is 2.63. The van der Waals surface area contributed by atoms with Gasteiger partial charge in [0.25, 0.3) is 0 Å². The van der Waals surface area contributed by atoms with E-state index in [2.05, 4.69) is 0 Å². The van der Waals surface area contributed by atoms with Crippen LogP contribution in [0.25, 0.3) is 0 Å². The van der Waals surface area contributed by atoms with E-state index in [4.69, 9.17) is 52.6 Å². The minimum absolute atomic E-state index is 0. The molecule has 0 amide bonds. The van der Waals surface area contributed by atoms with Gasteiger partial charge >= 0.3 is 17.4 Å². The van der Waals surface area contributed by atoms with Crippen molar-refractivity contribution < 1.29 is 47.1 Å². The van der Waals surface area contributed by atoms with E-state index in [-0.39, 0.29) is 17.4 Å². The van der Waals surface area contributed by atoms with Gasteiger partial charge in [0.2, 0.25) is 0 Å². The summed E-state index contributed by atoms with van der Waals surface area (Å²) in [6.45, 7) is 5.31. The summed E-state index contributed by atoms with van der Waals surface area (Å²) in [4.78, 5) is 26.7. The van der Waals surface area contributed by atoms with Crippen LogP contribution < -0.4 is 38.3 Å². The number of hydrogen-bond donors (Lipinski definition) is 4. The van der Waals surface area contributed by atoms with E-state index in [1.807, 2.05) is 0 Å². The molecule has 0 aromatic carbocycles. The number of nitrogens with two attached hydrogens (primary N) is 4. The van der Waals surface area contributed by atoms with E-state index in [9.17, 15) is 0 Å². The largest absolute Gasteiger partial charge is 3.00 e. The normalized spacial score (nSPS) is 6.43. The first-order valence-electron chi connectivity index (χ1n) is 5.36. The molecule has 0 aromatic rings. The first kappa shape index (κ1) is 36.7. The van der Waals surface area contributed by atoms with Crippen LogP contribution in [0, 0.1) is 0 Å². The third kappa shape index (κ3) is 8640. The Bertz CT molecular complexity index is 171. The zero-order chi connectivity index (χ0) is 17.6. The van der Waals surface area contributed by atoms with Crippen LogP contribution in [0.5, 0.6) is 0 Å². The van der Waals surface area contributed by atoms with Gasteiger partial charge in [-0.05, 0) is 20.8 Å². The molecule has 0 aromatic heterocycles. The molecular formula is C10H25CrN4O6. The van der Waals surface area contributed by atoms with Crippen molar-refractivity contribution in [3.05, 3.63) is 0 Å². The van der Waals surface area contributed by atoms with Crippen LogP contribution in [-0.2, 0) is 31.7 Å². The molecule has 0 bridgehead atoms. The minimum atomic E-state index is -1.08. The van der Waals surface area contributed by atoms with Gasteiger partial charge in [0.15, 0.2) is 0 Å². The van der Waals surface area contributed by atoms with Crippen LogP contribution in [-0.4, -0.2) is 44.1 Å². The average Bonchev–Trinajstić information content (AvgIpc) is 2.26. The van der Waals surface area contributed by atoms with E-state index in [0.29, 0.717) is 26.2 Å². The molecule has 1 radical (unpaired) electrons. The van der Waals surface area contributed by atoms with Crippen LogP contribution >= 0.6 is 0 Å². The van der Waals surface area contributed by atoms with Gasteiger partial charge in [0.1, 0.15) is 0 Å². The molecule has 0 rings (SSSR count). The number of carboxylic acid groups (broad SMARTS) is 3. The second kappa shape index (κ2) is 42.8. The molecule has 0 aliphatic rings. The summed E-state index contributed by atoms with van der Waals surface area (Å²) in [5, 5.41) is 26.7. The Morgan fingerprint density at radius 2 is 0.667 bits per heavy atom. The van der Waals surface area contributed by atoms with Gasteiger partial charge < -0.3 is 52.6 Å². The molecule has 127 valence electrons. The van der Waals surface area contributed by atoms with E-state index in [1.165, 1.54) is 0 Å². The van der Waals surface area contributed by atoms with Crippen molar-refractivity contribution in [2.45, 2.75) is 20.8 Å². The molecule has 10 nitrogen and oxygen atoms in total. The number of rotatable bonds is 2. The smallest absolute Gasteiger partial charge is 0.550 e. The minimum Gasteiger partial charge on any atom is -0.550 e. The molecule has 0 atom stereocenters. The van der Waals surface area contributed by atoms with Gasteiger partial charge in [-0.2, -0.15) is 0 Å². The number of carboxylic acids is 3. The predicted octanol–water partition coefficient (Wildman–Crippen LogP) is -5.93. The molecule has 0 heterocycles. The van der Waals surface area contributed by atoms with Crippen LogP contribution in [0.4, 0.5) is 0 Å². The van der Waals surface area contributed by atoms with E-state index >= 15 is 0 Å². The fourth-order valence-electron chi connectivity index (χ4n) is 0. The molecule has 8 N–H and O–H groups in total. The molecular weight excluding hydrogens is 324 g/mol. The quantitative estimate of drug-likeness (QED) is 0.369. The summed E-state index contributed by atoms with van der Waals surface area (Å²) in [6.07, 6.45) is 0. The molecule has 0 aliphatic carbocycles. The summed E-state index contributed by atoms with van der Waals surface area (Å²) >= 11 is 0. The van der Waals surface area contributed by atoms with Crippen molar-refractivity contribution in [3.8, 4) is 0 Å². The zero-order valence-corrected chi connectivity index (χ0v) is 13.8. The van der Waals surface area contributed by atoms with Gasteiger partial charge in [0.05, 0.1) is 0 Å². The van der Waals surface area contributed by atoms with Gasteiger partial charge in [-0.3, -0.25) is 0 Å².